The van der Waals surface area contributed by atoms with Crippen molar-refractivity contribution in [1.29, 1.82) is 0 Å². The summed E-state index contributed by atoms with van der Waals surface area (Å²) in [5.74, 6) is 0.860. The van der Waals surface area contributed by atoms with Crippen molar-refractivity contribution in [3.05, 3.63) is 35.1 Å². The van der Waals surface area contributed by atoms with E-state index in [9.17, 15) is 0 Å². The predicted octanol–water partition coefficient (Wildman–Crippen LogP) is 2.86. The fourth-order valence-electron chi connectivity index (χ4n) is 1.39. The van der Waals surface area contributed by atoms with Crippen LogP contribution in [0.2, 0.25) is 0 Å². The van der Waals surface area contributed by atoms with Gasteiger partial charge in [0, 0.05) is 12.6 Å². The van der Waals surface area contributed by atoms with E-state index in [2.05, 4.69) is 21.0 Å². The van der Waals surface area contributed by atoms with Crippen LogP contribution < -0.4 is 4.74 Å². The largest absolute Gasteiger partial charge is 0.497 e. The van der Waals surface area contributed by atoms with E-state index in [0.717, 1.165) is 21.5 Å². The molecule has 0 spiro atoms. The van der Waals surface area contributed by atoms with E-state index < -0.39 is 0 Å². The number of hydrogen-bond acceptors (Lipinski definition) is 2. The van der Waals surface area contributed by atoms with Crippen LogP contribution in [0.25, 0.3) is 11.1 Å². The number of benzene rings is 1. The molecule has 0 atom stereocenters. The number of aromatic nitrogens is 2. The van der Waals surface area contributed by atoms with Crippen LogP contribution in [0.1, 0.15) is 0 Å². The van der Waals surface area contributed by atoms with E-state index in [1.807, 2.05) is 37.5 Å². The maximum absolute atomic E-state index is 5.11. The quantitative estimate of drug-likeness (QED) is 0.836. The average Bonchev–Trinajstić information content (AvgIpc) is 2.60. The van der Waals surface area contributed by atoms with Gasteiger partial charge in [-0.3, -0.25) is 4.68 Å². The molecule has 1 aromatic heterocycles. The summed E-state index contributed by atoms with van der Waals surface area (Å²) in [6, 6.07) is 7.91. The zero-order valence-electron chi connectivity index (χ0n) is 8.57. The molecule has 0 saturated heterocycles. The molecule has 78 valence electrons. The van der Waals surface area contributed by atoms with Gasteiger partial charge in [-0.15, -0.1) is 0 Å². The second-order valence-electron chi connectivity index (χ2n) is 3.20. The number of hydrogen-bond donors (Lipinski definition) is 0. The van der Waals surface area contributed by atoms with Crippen molar-refractivity contribution in [2.24, 2.45) is 7.05 Å². The SMILES string of the molecule is COc1ccc(-c2cnn(C)c2Br)cc1. The number of methoxy groups -OCH3 is 1. The molecule has 0 unspecified atom stereocenters. The van der Waals surface area contributed by atoms with Crippen LogP contribution in [-0.2, 0) is 7.05 Å². The number of aryl methyl sites for hydroxylation is 1. The van der Waals surface area contributed by atoms with Crippen molar-refractivity contribution in [2.75, 3.05) is 7.11 Å². The molecule has 3 nitrogen and oxygen atoms in total. The molecule has 0 fully saturated rings. The van der Waals surface area contributed by atoms with Crippen LogP contribution in [0.5, 0.6) is 5.75 Å². The third-order valence-corrected chi connectivity index (χ3v) is 3.21. The molecule has 15 heavy (non-hydrogen) atoms. The van der Waals surface area contributed by atoms with Gasteiger partial charge in [-0.2, -0.15) is 5.10 Å². The van der Waals surface area contributed by atoms with Crippen molar-refractivity contribution in [3.63, 3.8) is 0 Å². The molecule has 1 aromatic carbocycles. The maximum atomic E-state index is 5.11. The highest BCUT2D eigenvalue weighted by atomic mass is 79.9. The van der Waals surface area contributed by atoms with Gasteiger partial charge in [0.25, 0.3) is 0 Å². The van der Waals surface area contributed by atoms with E-state index in [1.54, 1.807) is 11.8 Å². The highest BCUT2D eigenvalue weighted by Gasteiger charge is 2.07. The first-order chi connectivity index (χ1) is 7.22. The Bertz CT molecular complexity index is 462. The van der Waals surface area contributed by atoms with Crippen LogP contribution in [0.4, 0.5) is 0 Å². The molecule has 0 bridgehead atoms. The number of halogens is 1. The Kier molecular flexibility index (Phi) is 2.77. The Labute approximate surface area is 96.8 Å². The summed E-state index contributed by atoms with van der Waals surface area (Å²) in [5.41, 5.74) is 2.20. The maximum Gasteiger partial charge on any atom is 0.118 e. The molecule has 0 aliphatic heterocycles. The first-order valence-corrected chi connectivity index (χ1v) is 5.33. The molecule has 0 radical (unpaired) electrons. The van der Waals surface area contributed by atoms with E-state index in [0.29, 0.717) is 0 Å². The van der Waals surface area contributed by atoms with Gasteiger partial charge < -0.3 is 4.74 Å². The van der Waals surface area contributed by atoms with Gasteiger partial charge >= 0.3 is 0 Å². The standard InChI is InChI=1S/C11H11BrN2O/c1-14-11(12)10(7-13-14)8-3-5-9(15-2)6-4-8/h3-7H,1-2H3. The summed E-state index contributed by atoms with van der Waals surface area (Å²) in [4.78, 5) is 0. The highest BCUT2D eigenvalue weighted by molar-refractivity contribution is 9.10. The second-order valence-corrected chi connectivity index (χ2v) is 3.95. The van der Waals surface area contributed by atoms with Crippen molar-refractivity contribution in [2.45, 2.75) is 0 Å². The number of rotatable bonds is 2. The number of nitrogens with zero attached hydrogens (tertiary/aromatic N) is 2. The first-order valence-electron chi connectivity index (χ1n) is 4.54. The lowest BCUT2D eigenvalue weighted by molar-refractivity contribution is 0.415. The second kappa shape index (κ2) is 4.06. The highest BCUT2D eigenvalue weighted by Crippen LogP contribution is 2.28. The molecule has 0 N–H and O–H groups in total. The number of ether oxygens (including phenoxy) is 1. The van der Waals surface area contributed by atoms with Gasteiger partial charge in [0.2, 0.25) is 0 Å². The lowest BCUT2D eigenvalue weighted by Gasteiger charge is -2.02. The molecular weight excluding hydrogens is 256 g/mol. The fourth-order valence-corrected chi connectivity index (χ4v) is 1.81. The first kappa shape index (κ1) is 10.2. The smallest absolute Gasteiger partial charge is 0.118 e. The zero-order valence-corrected chi connectivity index (χ0v) is 10.2. The topological polar surface area (TPSA) is 27.1 Å². The van der Waals surface area contributed by atoms with Crippen LogP contribution in [-0.4, -0.2) is 16.9 Å². The Morgan fingerprint density at radius 2 is 1.93 bits per heavy atom. The minimum atomic E-state index is 0.860. The normalized spacial score (nSPS) is 10.3. The summed E-state index contributed by atoms with van der Waals surface area (Å²) in [6.45, 7) is 0. The molecule has 0 aliphatic rings. The fraction of sp³-hybridized carbons (Fsp3) is 0.182. The average molecular weight is 267 g/mol. The van der Waals surface area contributed by atoms with Crippen molar-refractivity contribution >= 4 is 15.9 Å². The minimum absolute atomic E-state index is 0.860. The van der Waals surface area contributed by atoms with E-state index in [1.165, 1.54) is 0 Å². The predicted molar refractivity (Wildman–Crippen MR) is 62.9 cm³/mol. The van der Waals surface area contributed by atoms with Crippen molar-refractivity contribution in [1.82, 2.24) is 9.78 Å². The molecule has 1 heterocycles. The van der Waals surface area contributed by atoms with Crippen molar-refractivity contribution in [3.8, 4) is 16.9 Å². The minimum Gasteiger partial charge on any atom is -0.497 e. The van der Waals surface area contributed by atoms with Gasteiger partial charge in [-0.05, 0) is 33.6 Å². The molecular formula is C11H11BrN2O. The van der Waals surface area contributed by atoms with E-state index in [4.69, 9.17) is 4.74 Å². The molecule has 0 amide bonds. The summed E-state index contributed by atoms with van der Waals surface area (Å²) < 4.78 is 7.88. The Balaban J connectivity index is 2.41. The van der Waals surface area contributed by atoms with Crippen LogP contribution in [0.3, 0.4) is 0 Å². The van der Waals surface area contributed by atoms with Crippen LogP contribution in [0, 0.1) is 0 Å². The molecule has 0 aliphatic carbocycles. The molecule has 2 rings (SSSR count). The Hall–Kier alpha value is -1.29. The third-order valence-electron chi connectivity index (χ3n) is 2.27. The van der Waals surface area contributed by atoms with E-state index >= 15 is 0 Å². The van der Waals surface area contributed by atoms with Gasteiger partial charge in [0.1, 0.15) is 10.4 Å². The Morgan fingerprint density at radius 3 is 2.40 bits per heavy atom. The van der Waals surface area contributed by atoms with Crippen molar-refractivity contribution < 1.29 is 4.74 Å². The summed E-state index contributed by atoms with van der Waals surface area (Å²) >= 11 is 3.49. The van der Waals surface area contributed by atoms with Gasteiger partial charge in [-0.1, -0.05) is 12.1 Å². The summed E-state index contributed by atoms with van der Waals surface area (Å²) in [5, 5.41) is 4.17. The monoisotopic (exact) mass is 266 g/mol. The van der Waals surface area contributed by atoms with Gasteiger partial charge in [-0.25, -0.2) is 0 Å². The zero-order chi connectivity index (χ0) is 10.8. The molecule has 4 heteroatoms. The van der Waals surface area contributed by atoms with Crippen LogP contribution >= 0.6 is 15.9 Å². The Morgan fingerprint density at radius 1 is 1.27 bits per heavy atom. The summed E-state index contributed by atoms with van der Waals surface area (Å²) in [6.07, 6.45) is 1.84. The lowest BCUT2D eigenvalue weighted by atomic mass is 10.1. The molecule has 2 aromatic rings. The van der Waals surface area contributed by atoms with E-state index in [-0.39, 0.29) is 0 Å². The van der Waals surface area contributed by atoms with Gasteiger partial charge in [0.05, 0.1) is 13.3 Å². The molecule has 0 saturated carbocycles. The van der Waals surface area contributed by atoms with Gasteiger partial charge in [0.15, 0.2) is 0 Å². The lowest BCUT2D eigenvalue weighted by Crippen LogP contribution is -1.88. The third kappa shape index (κ3) is 1.90. The van der Waals surface area contributed by atoms with Crippen LogP contribution in [0.15, 0.2) is 35.1 Å². The summed E-state index contributed by atoms with van der Waals surface area (Å²) in [7, 11) is 3.56.